The van der Waals surface area contributed by atoms with E-state index >= 15 is 0 Å². The van der Waals surface area contributed by atoms with Crippen molar-refractivity contribution in [2.75, 3.05) is 0 Å². The van der Waals surface area contributed by atoms with Crippen molar-refractivity contribution in [1.82, 2.24) is 0 Å². The first-order valence-corrected chi connectivity index (χ1v) is 18.6. The number of hydrogen-bond acceptors (Lipinski definition) is 2. The van der Waals surface area contributed by atoms with Crippen LogP contribution in [0.15, 0.2) is 17.0 Å². The predicted octanol–water partition coefficient (Wildman–Crippen LogP) is 13.7. The quantitative estimate of drug-likeness (QED) is 0.275. The van der Waals surface area contributed by atoms with E-state index in [0.717, 1.165) is 11.3 Å². The van der Waals surface area contributed by atoms with Gasteiger partial charge in [0.15, 0.2) is 0 Å². The molecule has 0 aromatic heterocycles. The minimum absolute atomic E-state index is 0.0228. The fraction of sp³-hybridized carbons (Fsp3) is 0.846. The van der Waals surface area contributed by atoms with Gasteiger partial charge in [-0.05, 0) is 60.0 Å². The van der Waals surface area contributed by atoms with E-state index in [4.69, 9.17) is 0 Å². The van der Waals surface area contributed by atoms with Gasteiger partial charge in [0, 0.05) is 10.3 Å². The van der Waals surface area contributed by atoms with Gasteiger partial charge in [0.25, 0.3) is 0 Å². The van der Waals surface area contributed by atoms with Crippen LogP contribution in [-0.4, -0.2) is 9.85 Å². The highest BCUT2D eigenvalue weighted by Gasteiger charge is 2.36. The number of thioether (sulfide) groups is 1. The first kappa shape index (κ1) is 36.6. The molecule has 238 valence electrons. The van der Waals surface area contributed by atoms with Crippen LogP contribution in [0.25, 0.3) is 0 Å². The van der Waals surface area contributed by atoms with Gasteiger partial charge in [0.1, 0.15) is 5.75 Å². The number of fused-ring (bicyclic) bond motifs is 2. The second kappa shape index (κ2) is 17.0. The van der Waals surface area contributed by atoms with Crippen molar-refractivity contribution in [2.24, 2.45) is 5.41 Å². The van der Waals surface area contributed by atoms with Crippen LogP contribution in [0.1, 0.15) is 202 Å². The molecule has 0 fully saturated rings. The Morgan fingerprint density at radius 1 is 0.707 bits per heavy atom. The molecule has 2 rings (SSSR count). The van der Waals surface area contributed by atoms with E-state index in [9.17, 15) is 5.11 Å². The molecule has 1 aliphatic rings. The van der Waals surface area contributed by atoms with Crippen molar-refractivity contribution in [3.8, 4) is 5.75 Å². The highest BCUT2D eigenvalue weighted by Crippen LogP contribution is 2.51. The first-order valence-electron chi connectivity index (χ1n) is 17.8. The highest BCUT2D eigenvalue weighted by molar-refractivity contribution is 8.00. The average molecular weight is 587 g/mol. The van der Waals surface area contributed by atoms with Crippen LogP contribution >= 0.6 is 11.8 Å². The summed E-state index contributed by atoms with van der Waals surface area (Å²) in [6, 6.07) is 4.87. The van der Waals surface area contributed by atoms with Crippen LogP contribution in [0.2, 0.25) is 0 Å². The van der Waals surface area contributed by atoms with Gasteiger partial charge in [-0.2, -0.15) is 0 Å². The number of aromatic hydroxyl groups is 1. The Balaban J connectivity index is 2.66. The number of hydrogen-bond donors (Lipinski definition) is 1. The maximum atomic E-state index is 12.2. The normalized spacial score (nSPS) is 24.2. The van der Waals surface area contributed by atoms with E-state index in [-0.39, 0.29) is 21.0 Å². The molecule has 0 saturated carbocycles. The summed E-state index contributed by atoms with van der Waals surface area (Å²) in [4.78, 5) is 1.16. The summed E-state index contributed by atoms with van der Waals surface area (Å²) in [5.41, 5.74) is 3.00. The molecule has 1 heterocycles. The molecule has 2 atom stereocenters. The maximum Gasteiger partial charge on any atom is 0.132 e. The molecular weight excluding hydrogens is 516 g/mol. The van der Waals surface area contributed by atoms with Gasteiger partial charge >= 0.3 is 0 Å². The molecule has 0 aliphatic carbocycles. The molecule has 41 heavy (non-hydrogen) atoms. The van der Waals surface area contributed by atoms with E-state index in [2.05, 4.69) is 74.4 Å². The van der Waals surface area contributed by atoms with Crippen molar-refractivity contribution in [3.05, 3.63) is 23.3 Å². The van der Waals surface area contributed by atoms with Gasteiger partial charge in [0.05, 0.1) is 4.90 Å². The van der Waals surface area contributed by atoms with Crippen LogP contribution < -0.4 is 0 Å². The Morgan fingerprint density at radius 2 is 1.22 bits per heavy atom. The maximum absolute atomic E-state index is 12.2. The molecule has 0 spiro atoms. The lowest BCUT2D eigenvalue weighted by Gasteiger charge is -2.38. The zero-order valence-corrected chi connectivity index (χ0v) is 30.0. The average Bonchev–Trinajstić information content (AvgIpc) is 2.87. The minimum Gasteiger partial charge on any atom is -0.506 e. The SMILES string of the molecule is CCCCCC1(C)CCCCCCCCCCCC(C)(CCCCC)c2cc(C(C)(C)CC(C)(C)C)cc(c2O)S1. The molecule has 2 bridgehead atoms. The van der Waals surface area contributed by atoms with Crippen molar-refractivity contribution in [2.45, 2.75) is 211 Å². The first-order chi connectivity index (χ1) is 19.3. The largest absolute Gasteiger partial charge is 0.506 e. The van der Waals surface area contributed by atoms with E-state index in [0.29, 0.717) is 5.75 Å². The summed E-state index contributed by atoms with van der Waals surface area (Å²) in [7, 11) is 0. The number of unbranched alkanes of at least 4 members (excludes halogenated alkanes) is 4. The van der Waals surface area contributed by atoms with Gasteiger partial charge in [-0.1, -0.05) is 165 Å². The topological polar surface area (TPSA) is 20.2 Å². The lowest BCUT2D eigenvalue weighted by molar-refractivity contribution is 0.282. The molecular formula is C39H70OS. The molecule has 1 N–H and O–H groups in total. The minimum atomic E-state index is 0.0228. The van der Waals surface area contributed by atoms with E-state index in [1.165, 1.54) is 133 Å². The Kier molecular flexibility index (Phi) is 15.2. The van der Waals surface area contributed by atoms with Crippen molar-refractivity contribution < 1.29 is 5.11 Å². The number of phenols is 1. The van der Waals surface area contributed by atoms with Crippen molar-refractivity contribution in [1.29, 1.82) is 0 Å². The second-order valence-electron chi connectivity index (χ2n) is 16.2. The summed E-state index contributed by atoms with van der Waals surface area (Å²) >= 11 is 2.02. The Labute approximate surface area is 261 Å². The van der Waals surface area contributed by atoms with E-state index < -0.39 is 0 Å². The zero-order valence-electron chi connectivity index (χ0n) is 29.2. The van der Waals surface area contributed by atoms with Gasteiger partial charge < -0.3 is 5.11 Å². The predicted molar refractivity (Wildman–Crippen MR) is 186 cm³/mol. The molecule has 0 radical (unpaired) electrons. The third-order valence-electron chi connectivity index (χ3n) is 9.91. The second-order valence-corrected chi connectivity index (χ2v) is 17.8. The standard InChI is InChI=1S/C39H70OS/c1-10-12-21-25-38(8)26-23-19-17-15-14-16-18-20-24-28-39(9,27-22-13-11-2)41-34-30-32(29-33(38)35(34)40)37(6,7)31-36(3,4)5/h29-30,40H,10-28,31H2,1-9H3. The van der Waals surface area contributed by atoms with Crippen LogP contribution in [-0.2, 0) is 10.8 Å². The lowest BCUT2D eigenvalue weighted by atomic mass is 9.69. The van der Waals surface area contributed by atoms with Crippen LogP contribution in [0.3, 0.4) is 0 Å². The van der Waals surface area contributed by atoms with Gasteiger partial charge in [-0.25, -0.2) is 0 Å². The van der Waals surface area contributed by atoms with Gasteiger partial charge in [-0.3, -0.25) is 0 Å². The van der Waals surface area contributed by atoms with Crippen LogP contribution in [0.4, 0.5) is 0 Å². The Hall–Kier alpha value is -0.630. The third-order valence-corrected chi connectivity index (χ3v) is 11.3. The number of phenolic OH excluding ortho intramolecular Hbond substituents is 1. The summed E-state index contributed by atoms with van der Waals surface area (Å²) in [6.45, 7) is 21.6. The molecule has 1 nitrogen and oxygen atoms in total. The van der Waals surface area contributed by atoms with Crippen LogP contribution in [0.5, 0.6) is 5.75 Å². The number of benzene rings is 1. The van der Waals surface area contributed by atoms with E-state index in [1.54, 1.807) is 0 Å². The molecule has 1 aliphatic heterocycles. The van der Waals surface area contributed by atoms with Crippen molar-refractivity contribution in [3.63, 3.8) is 0 Å². The molecule has 0 amide bonds. The van der Waals surface area contributed by atoms with Gasteiger partial charge in [0.2, 0.25) is 0 Å². The fourth-order valence-corrected chi connectivity index (χ4v) is 9.03. The van der Waals surface area contributed by atoms with Crippen molar-refractivity contribution >= 4 is 11.8 Å². The third kappa shape index (κ3) is 12.5. The summed E-state index contributed by atoms with van der Waals surface area (Å²) in [6.07, 6.45) is 25.9. The van der Waals surface area contributed by atoms with Crippen LogP contribution in [0, 0.1) is 5.41 Å². The zero-order chi connectivity index (χ0) is 30.6. The van der Waals surface area contributed by atoms with E-state index in [1.807, 2.05) is 11.8 Å². The molecule has 2 unspecified atom stereocenters. The number of rotatable bonds is 10. The molecule has 1 aromatic carbocycles. The monoisotopic (exact) mass is 587 g/mol. The van der Waals surface area contributed by atoms with Gasteiger partial charge in [-0.15, -0.1) is 11.8 Å². The molecule has 1 aromatic rings. The summed E-state index contributed by atoms with van der Waals surface area (Å²) < 4.78 is 0.170. The summed E-state index contributed by atoms with van der Waals surface area (Å²) in [5, 5.41) is 12.2. The lowest BCUT2D eigenvalue weighted by Crippen LogP contribution is -2.28. The Bertz CT molecular complexity index is 880. The Morgan fingerprint density at radius 3 is 1.76 bits per heavy atom. The smallest absolute Gasteiger partial charge is 0.132 e. The molecule has 2 heteroatoms. The highest BCUT2D eigenvalue weighted by atomic mass is 32.2. The summed E-state index contributed by atoms with van der Waals surface area (Å²) in [5.74, 6) is 0.607. The molecule has 0 saturated heterocycles. The fourth-order valence-electron chi connectivity index (χ4n) is 7.62.